The second-order valence-electron chi connectivity index (χ2n) is 3.59. The highest BCUT2D eigenvalue weighted by Gasteiger charge is 2.12. The van der Waals surface area contributed by atoms with Gasteiger partial charge in [-0.15, -0.1) is 23.5 Å². The quantitative estimate of drug-likeness (QED) is 0.728. The predicted octanol–water partition coefficient (Wildman–Crippen LogP) is 3.59. The minimum absolute atomic E-state index is 0.00442. The molecule has 1 rings (SSSR count). The third kappa shape index (κ3) is 6.48. The van der Waals surface area contributed by atoms with Crippen molar-refractivity contribution in [3.05, 3.63) is 11.9 Å². The first-order chi connectivity index (χ1) is 7.33. The maximum Gasteiger partial charge on any atom is 0.0960 e. The molecule has 1 aliphatic rings. The number of rotatable bonds is 6. The van der Waals surface area contributed by atoms with Crippen LogP contribution in [0, 0.1) is 0 Å². The smallest absolute Gasteiger partial charge is 0.0960 e. The lowest BCUT2D eigenvalue weighted by molar-refractivity contribution is 0.283. The number of hydrogen-bond donors (Lipinski definition) is 1. The molecule has 0 unspecified atom stereocenters. The Kier molecular flexibility index (Phi) is 7.57. The standard InChI is InChI=1S/C11H19FOS2/c12-10(4-1-2-7-13)5-6-11-14-8-3-9-15-11/h5,11,13H,1-4,6-9H2/b10-5+. The van der Waals surface area contributed by atoms with Crippen LogP contribution in [0.15, 0.2) is 11.9 Å². The van der Waals surface area contributed by atoms with E-state index in [1.54, 1.807) is 6.08 Å². The highest BCUT2D eigenvalue weighted by Crippen LogP contribution is 2.33. The zero-order valence-electron chi connectivity index (χ0n) is 8.95. The third-order valence-corrected chi connectivity index (χ3v) is 5.25. The molecule has 0 saturated carbocycles. The van der Waals surface area contributed by atoms with Crippen molar-refractivity contribution in [3.63, 3.8) is 0 Å². The van der Waals surface area contributed by atoms with E-state index in [1.807, 2.05) is 23.5 Å². The first kappa shape index (κ1) is 13.4. The molecule has 0 radical (unpaired) electrons. The average molecular weight is 250 g/mol. The van der Waals surface area contributed by atoms with Gasteiger partial charge < -0.3 is 5.11 Å². The molecule has 1 aliphatic heterocycles. The summed E-state index contributed by atoms with van der Waals surface area (Å²) in [5, 5.41) is 8.56. The molecule has 0 aromatic carbocycles. The van der Waals surface area contributed by atoms with E-state index in [4.69, 9.17) is 5.11 Å². The van der Waals surface area contributed by atoms with Crippen LogP contribution in [-0.4, -0.2) is 27.8 Å². The summed E-state index contributed by atoms with van der Waals surface area (Å²) in [6.07, 6.45) is 5.81. The van der Waals surface area contributed by atoms with Crippen molar-refractivity contribution in [2.24, 2.45) is 0 Å². The van der Waals surface area contributed by atoms with Gasteiger partial charge in [-0.3, -0.25) is 0 Å². The second kappa shape index (κ2) is 8.48. The lowest BCUT2D eigenvalue weighted by Crippen LogP contribution is -2.05. The molecule has 0 aromatic heterocycles. The van der Waals surface area contributed by atoms with E-state index < -0.39 is 0 Å². The van der Waals surface area contributed by atoms with Gasteiger partial charge in [0.1, 0.15) is 0 Å². The molecule has 15 heavy (non-hydrogen) atoms. The minimum atomic E-state index is -0.00442. The summed E-state index contributed by atoms with van der Waals surface area (Å²) in [5.41, 5.74) is 0. The van der Waals surface area contributed by atoms with E-state index in [0.717, 1.165) is 12.8 Å². The van der Waals surface area contributed by atoms with Gasteiger partial charge in [0, 0.05) is 6.61 Å². The van der Waals surface area contributed by atoms with E-state index in [2.05, 4.69) is 0 Å². The average Bonchev–Trinajstić information content (AvgIpc) is 2.28. The molecular weight excluding hydrogens is 231 g/mol. The molecule has 1 saturated heterocycles. The van der Waals surface area contributed by atoms with E-state index >= 15 is 0 Å². The predicted molar refractivity (Wildman–Crippen MR) is 68.1 cm³/mol. The molecule has 0 amide bonds. The summed E-state index contributed by atoms with van der Waals surface area (Å²) in [6.45, 7) is 0.168. The number of unbranched alkanes of at least 4 members (excludes halogenated alkanes) is 1. The van der Waals surface area contributed by atoms with Crippen molar-refractivity contribution in [3.8, 4) is 0 Å². The van der Waals surface area contributed by atoms with Crippen LogP contribution in [0.3, 0.4) is 0 Å². The Hall–Kier alpha value is 0.330. The Morgan fingerprint density at radius 1 is 1.33 bits per heavy atom. The van der Waals surface area contributed by atoms with Gasteiger partial charge in [0.15, 0.2) is 0 Å². The van der Waals surface area contributed by atoms with Gasteiger partial charge in [-0.25, -0.2) is 4.39 Å². The Labute approximate surface area is 99.9 Å². The molecule has 1 fully saturated rings. The summed E-state index contributed by atoms with van der Waals surface area (Å²) in [4.78, 5) is 0. The summed E-state index contributed by atoms with van der Waals surface area (Å²) >= 11 is 3.89. The minimum Gasteiger partial charge on any atom is -0.396 e. The van der Waals surface area contributed by atoms with Crippen LogP contribution >= 0.6 is 23.5 Å². The largest absolute Gasteiger partial charge is 0.396 e. The van der Waals surface area contributed by atoms with Gasteiger partial charge in [0.2, 0.25) is 0 Å². The molecular formula is C11H19FOS2. The number of halogens is 1. The van der Waals surface area contributed by atoms with E-state index in [-0.39, 0.29) is 12.4 Å². The number of hydrogen-bond acceptors (Lipinski definition) is 3. The van der Waals surface area contributed by atoms with Crippen LogP contribution in [0.5, 0.6) is 0 Å². The number of allylic oxidation sites excluding steroid dienone is 2. The van der Waals surface area contributed by atoms with Crippen LogP contribution in [0.1, 0.15) is 32.1 Å². The highest BCUT2D eigenvalue weighted by atomic mass is 32.2. The zero-order chi connectivity index (χ0) is 10.9. The van der Waals surface area contributed by atoms with Crippen molar-refractivity contribution in [2.45, 2.75) is 36.7 Å². The summed E-state index contributed by atoms with van der Waals surface area (Å²) in [5.74, 6) is 2.44. The highest BCUT2D eigenvalue weighted by molar-refractivity contribution is 8.17. The Balaban J connectivity index is 2.11. The SMILES string of the molecule is OCCCC/C(F)=C\CC1SCCCS1. The number of thioether (sulfide) groups is 2. The van der Waals surface area contributed by atoms with Crippen molar-refractivity contribution in [2.75, 3.05) is 18.1 Å². The summed E-state index contributed by atoms with van der Waals surface area (Å²) < 4.78 is 13.8. The topological polar surface area (TPSA) is 20.2 Å². The molecule has 1 heterocycles. The number of aliphatic hydroxyl groups excluding tert-OH is 1. The van der Waals surface area contributed by atoms with Gasteiger partial charge in [0.05, 0.1) is 10.4 Å². The van der Waals surface area contributed by atoms with Crippen LogP contribution in [-0.2, 0) is 0 Å². The molecule has 0 aliphatic carbocycles. The first-order valence-electron chi connectivity index (χ1n) is 5.51. The molecule has 0 spiro atoms. The maximum atomic E-state index is 13.2. The maximum absolute atomic E-state index is 13.2. The Morgan fingerprint density at radius 2 is 2.07 bits per heavy atom. The zero-order valence-corrected chi connectivity index (χ0v) is 10.6. The summed E-state index contributed by atoms with van der Waals surface area (Å²) in [7, 11) is 0. The van der Waals surface area contributed by atoms with Crippen molar-refractivity contribution >= 4 is 23.5 Å². The molecule has 1 nitrogen and oxygen atoms in total. The monoisotopic (exact) mass is 250 g/mol. The van der Waals surface area contributed by atoms with Crippen LogP contribution < -0.4 is 0 Å². The Morgan fingerprint density at radius 3 is 2.73 bits per heavy atom. The molecule has 0 atom stereocenters. The molecule has 4 heteroatoms. The lowest BCUT2D eigenvalue weighted by atomic mass is 10.2. The normalized spacial score (nSPS) is 19.5. The molecule has 0 aromatic rings. The van der Waals surface area contributed by atoms with Gasteiger partial charge in [-0.1, -0.05) is 6.08 Å². The first-order valence-corrected chi connectivity index (χ1v) is 7.61. The van der Waals surface area contributed by atoms with Gasteiger partial charge in [-0.2, -0.15) is 0 Å². The fourth-order valence-corrected chi connectivity index (χ4v) is 4.16. The fourth-order valence-electron chi connectivity index (χ4n) is 1.40. The van der Waals surface area contributed by atoms with E-state index in [1.165, 1.54) is 17.9 Å². The van der Waals surface area contributed by atoms with Gasteiger partial charge in [-0.05, 0) is 43.6 Å². The van der Waals surface area contributed by atoms with Crippen LogP contribution in [0.25, 0.3) is 0 Å². The third-order valence-electron chi connectivity index (χ3n) is 2.25. The second-order valence-corrected chi connectivity index (χ2v) is 6.51. The van der Waals surface area contributed by atoms with E-state index in [0.29, 0.717) is 17.4 Å². The van der Waals surface area contributed by atoms with Crippen molar-refractivity contribution in [1.82, 2.24) is 0 Å². The van der Waals surface area contributed by atoms with Gasteiger partial charge in [0.25, 0.3) is 0 Å². The lowest BCUT2D eigenvalue weighted by Gasteiger charge is -2.19. The molecule has 0 bridgehead atoms. The Bertz CT molecular complexity index is 191. The molecule has 1 N–H and O–H groups in total. The van der Waals surface area contributed by atoms with Crippen LogP contribution in [0.2, 0.25) is 0 Å². The molecule has 88 valence electrons. The van der Waals surface area contributed by atoms with Crippen molar-refractivity contribution < 1.29 is 9.50 Å². The van der Waals surface area contributed by atoms with Crippen LogP contribution in [0.4, 0.5) is 4.39 Å². The number of aliphatic hydroxyl groups is 1. The fraction of sp³-hybridized carbons (Fsp3) is 0.818. The van der Waals surface area contributed by atoms with Gasteiger partial charge >= 0.3 is 0 Å². The van der Waals surface area contributed by atoms with Crippen molar-refractivity contribution in [1.29, 1.82) is 0 Å². The summed E-state index contributed by atoms with van der Waals surface area (Å²) in [6, 6.07) is 0. The van der Waals surface area contributed by atoms with E-state index in [9.17, 15) is 4.39 Å².